The lowest BCUT2D eigenvalue weighted by atomic mass is 10.0. The fourth-order valence-electron chi connectivity index (χ4n) is 4.87. The number of hydrogen-bond donors (Lipinski definition) is 0. The highest BCUT2D eigenvalue weighted by molar-refractivity contribution is 7.89. The molecule has 4 aromatic carbocycles. The van der Waals surface area contributed by atoms with Crippen LogP contribution in [0.2, 0.25) is 0 Å². The summed E-state index contributed by atoms with van der Waals surface area (Å²) in [4.78, 5) is 2.55. The molecule has 0 unspecified atom stereocenters. The Labute approximate surface area is 208 Å². The highest BCUT2D eigenvalue weighted by Gasteiger charge is 2.47. The van der Waals surface area contributed by atoms with E-state index in [2.05, 4.69) is 48.2 Å². The predicted octanol–water partition coefficient (Wildman–Crippen LogP) is 6.12. The van der Waals surface area contributed by atoms with Gasteiger partial charge in [0.1, 0.15) is 6.17 Å². The van der Waals surface area contributed by atoms with Gasteiger partial charge in [-0.05, 0) is 55.7 Å². The molecule has 35 heavy (non-hydrogen) atoms. The number of benzene rings is 4. The highest BCUT2D eigenvalue weighted by Crippen LogP contribution is 2.42. The van der Waals surface area contributed by atoms with Gasteiger partial charge in [0.05, 0.1) is 4.90 Å². The van der Waals surface area contributed by atoms with Crippen LogP contribution >= 0.6 is 0 Å². The van der Waals surface area contributed by atoms with Gasteiger partial charge in [0.25, 0.3) is 0 Å². The molecule has 0 bridgehead atoms. The third-order valence-electron chi connectivity index (χ3n) is 6.68. The van der Waals surface area contributed by atoms with Crippen LogP contribution in [0.25, 0.3) is 0 Å². The van der Waals surface area contributed by atoms with Gasteiger partial charge in [0.15, 0.2) is 0 Å². The van der Waals surface area contributed by atoms with E-state index in [9.17, 15) is 8.42 Å². The summed E-state index contributed by atoms with van der Waals surface area (Å²) in [6.07, 6.45) is 0.193. The number of sulfonamides is 1. The quantitative estimate of drug-likeness (QED) is 0.332. The topological polar surface area (TPSA) is 40.6 Å². The van der Waals surface area contributed by atoms with Crippen molar-refractivity contribution in [1.29, 1.82) is 0 Å². The Morgan fingerprint density at radius 3 is 1.86 bits per heavy atom. The van der Waals surface area contributed by atoms with Crippen LogP contribution in [0, 0.1) is 13.8 Å². The molecule has 0 amide bonds. The second-order valence-corrected chi connectivity index (χ2v) is 11.1. The van der Waals surface area contributed by atoms with E-state index in [1.807, 2.05) is 67.6 Å². The highest BCUT2D eigenvalue weighted by atomic mass is 32.2. The molecule has 0 spiro atoms. The van der Waals surface area contributed by atoms with Crippen LogP contribution in [0.3, 0.4) is 0 Å². The van der Waals surface area contributed by atoms with Gasteiger partial charge in [0, 0.05) is 18.3 Å². The maximum Gasteiger partial charge on any atom is 0.245 e. The molecule has 1 saturated heterocycles. The molecule has 5 heteroatoms. The number of hydrogen-bond acceptors (Lipinski definition) is 3. The second kappa shape index (κ2) is 9.68. The van der Waals surface area contributed by atoms with Gasteiger partial charge in [-0.25, -0.2) is 8.42 Å². The summed E-state index contributed by atoms with van der Waals surface area (Å²) in [5.74, 6) is 0. The lowest BCUT2D eigenvalue weighted by Crippen LogP contribution is -2.40. The van der Waals surface area contributed by atoms with Crippen LogP contribution in [0.5, 0.6) is 0 Å². The SMILES string of the molecule is Cc1ccc(C[C@H]2CN(c3ccccc3)[C@@H](c3ccccc3)N2S(=O)(=O)c2ccc(C)cc2)cc1. The Bertz CT molecular complexity index is 1370. The van der Waals surface area contributed by atoms with Crippen LogP contribution in [0.1, 0.15) is 28.4 Å². The maximum absolute atomic E-state index is 14.3. The molecule has 0 aromatic heterocycles. The summed E-state index contributed by atoms with van der Waals surface area (Å²) in [6, 6.07) is 35.4. The largest absolute Gasteiger partial charge is 0.349 e. The molecular formula is C30H30N2O2S. The van der Waals surface area contributed by atoms with Crippen molar-refractivity contribution in [3.8, 4) is 0 Å². The van der Waals surface area contributed by atoms with Crippen LogP contribution in [0.4, 0.5) is 5.69 Å². The van der Waals surface area contributed by atoms with Crippen LogP contribution < -0.4 is 4.90 Å². The molecule has 5 rings (SSSR count). The number of anilines is 1. The monoisotopic (exact) mass is 482 g/mol. The van der Waals surface area contributed by atoms with Crippen molar-refractivity contribution in [2.24, 2.45) is 0 Å². The van der Waals surface area contributed by atoms with Crippen LogP contribution in [0.15, 0.2) is 114 Å². The summed E-state index contributed by atoms with van der Waals surface area (Å²) < 4.78 is 30.3. The molecule has 1 aliphatic rings. The molecular weight excluding hydrogens is 452 g/mol. The first-order valence-electron chi connectivity index (χ1n) is 12.0. The van der Waals surface area contributed by atoms with Gasteiger partial charge >= 0.3 is 0 Å². The minimum atomic E-state index is -3.78. The van der Waals surface area contributed by atoms with Gasteiger partial charge < -0.3 is 4.90 Å². The summed E-state index contributed by atoms with van der Waals surface area (Å²) in [7, 11) is -3.78. The van der Waals surface area contributed by atoms with Gasteiger partial charge in [0.2, 0.25) is 10.0 Å². The Balaban J connectivity index is 1.65. The number of para-hydroxylation sites is 1. The first-order valence-corrected chi connectivity index (χ1v) is 13.4. The van der Waals surface area contributed by atoms with Crippen molar-refractivity contribution in [2.45, 2.75) is 37.4 Å². The lowest BCUT2D eigenvalue weighted by Gasteiger charge is -2.32. The fraction of sp³-hybridized carbons (Fsp3) is 0.200. The average Bonchev–Trinajstić information content (AvgIpc) is 3.27. The van der Waals surface area contributed by atoms with Crippen LogP contribution in [-0.4, -0.2) is 25.3 Å². The Kier molecular flexibility index (Phi) is 6.46. The van der Waals surface area contributed by atoms with E-state index in [0.717, 1.165) is 22.4 Å². The molecule has 4 aromatic rings. The van der Waals surface area contributed by atoms with E-state index in [1.54, 1.807) is 16.4 Å². The van der Waals surface area contributed by atoms with E-state index >= 15 is 0 Å². The van der Waals surface area contributed by atoms with Crippen molar-refractivity contribution in [1.82, 2.24) is 4.31 Å². The minimum Gasteiger partial charge on any atom is -0.349 e. The van der Waals surface area contributed by atoms with Crippen molar-refractivity contribution in [2.75, 3.05) is 11.4 Å². The first kappa shape index (κ1) is 23.3. The molecule has 178 valence electrons. The molecule has 1 fully saturated rings. The van der Waals surface area contributed by atoms with Gasteiger partial charge in [-0.1, -0.05) is 96.1 Å². The molecule has 0 N–H and O–H groups in total. The number of nitrogens with zero attached hydrogens (tertiary/aromatic N) is 2. The van der Waals surface area contributed by atoms with Crippen LogP contribution in [-0.2, 0) is 16.4 Å². The molecule has 1 heterocycles. The van der Waals surface area contributed by atoms with Crippen molar-refractivity contribution < 1.29 is 8.42 Å². The zero-order valence-electron chi connectivity index (χ0n) is 20.1. The molecule has 0 aliphatic carbocycles. The average molecular weight is 483 g/mol. The summed E-state index contributed by atoms with van der Waals surface area (Å²) in [5.41, 5.74) is 5.33. The smallest absolute Gasteiger partial charge is 0.245 e. The van der Waals surface area contributed by atoms with Crippen molar-refractivity contribution in [3.63, 3.8) is 0 Å². The maximum atomic E-state index is 14.3. The first-order chi connectivity index (χ1) is 16.9. The molecule has 0 radical (unpaired) electrons. The molecule has 4 nitrogen and oxygen atoms in total. The fourth-order valence-corrected chi connectivity index (χ4v) is 6.63. The normalized spacial score (nSPS) is 18.6. The summed E-state index contributed by atoms with van der Waals surface area (Å²) in [6.45, 7) is 4.63. The van der Waals surface area contributed by atoms with Crippen molar-refractivity contribution >= 4 is 15.7 Å². The third kappa shape index (κ3) is 4.75. The standard InChI is InChI=1S/C30H30N2O2S/c1-23-13-17-25(18-14-23)21-28-22-31(27-11-7-4-8-12-27)30(26-9-5-3-6-10-26)32(28)35(33,34)29-19-15-24(2)16-20-29/h3-20,28,30H,21-22H2,1-2H3/t28-,30+/m0/s1. The Morgan fingerprint density at radius 2 is 1.26 bits per heavy atom. The Morgan fingerprint density at radius 1 is 0.714 bits per heavy atom. The zero-order valence-corrected chi connectivity index (χ0v) is 20.9. The minimum absolute atomic E-state index is 0.227. The predicted molar refractivity (Wildman–Crippen MR) is 142 cm³/mol. The van der Waals surface area contributed by atoms with Crippen molar-refractivity contribution in [3.05, 3.63) is 131 Å². The number of rotatable bonds is 6. The van der Waals surface area contributed by atoms with E-state index in [4.69, 9.17) is 0 Å². The second-order valence-electron chi connectivity index (χ2n) is 9.26. The van der Waals surface area contributed by atoms with E-state index in [-0.39, 0.29) is 6.04 Å². The summed E-state index contributed by atoms with van der Waals surface area (Å²) >= 11 is 0. The van der Waals surface area contributed by atoms with Gasteiger partial charge in [-0.15, -0.1) is 0 Å². The molecule has 0 saturated carbocycles. The summed E-state index contributed by atoms with van der Waals surface area (Å²) in [5, 5.41) is 0. The van der Waals surface area contributed by atoms with E-state index in [1.165, 1.54) is 5.56 Å². The van der Waals surface area contributed by atoms with Gasteiger partial charge in [-0.2, -0.15) is 4.31 Å². The van der Waals surface area contributed by atoms with Gasteiger partial charge in [-0.3, -0.25) is 0 Å². The molecule has 1 aliphatic heterocycles. The Hall–Kier alpha value is -3.41. The number of aryl methyl sites for hydroxylation is 2. The lowest BCUT2D eigenvalue weighted by molar-refractivity contribution is 0.327. The third-order valence-corrected chi connectivity index (χ3v) is 8.60. The zero-order chi connectivity index (χ0) is 24.4. The van der Waals surface area contributed by atoms with E-state index in [0.29, 0.717) is 17.9 Å². The van der Waals surface area contributed by atoms with E-state index < -0.39 is 16.2 Å². The molecule has 2 atom stereocenters.